The van der Waals surface area contributed by atoms with Crippen molar-refractivity contribution in [2.24, 2.45) is 0 Å². The second-order valence-electron chi connectivity index (χ2n) is 4.72. The predicted molar refractivity (Wildman–Crippen MR) is 81.8 cm³/mol. The van der Waals surface area contributed by atoms with E-state index < -0.39 is 5.97 Å². The molecule has 4 nitrogen and oxygen atoms in total. The van der Waals surface area contributed by atoms with Crippen LogP contribution in [0.15, 0.2) is 48.5 Å². The van der Waals surface area contributed by atoms with Gasteiger partial charge in [-0.05, 0) is 31.2 Å². The van der Waals surface area contributed by atoms with Crippen LogP contribution in [0.4, 0.5) is 11.4 Å². The van der Waals surface area contributed by atoms with E-state index in [0.717, 1.165) is 11.3 Å². The van der Waals surface area contributed by atoms with E-state index >= 15 is 0 Å². The van der Waals surface area contributed by atoms with E-state index in [1.807, 2.05) is 48.2 Å². The molecule has 0 spiro atoms. The van der Waals surface area contributed by atoms with Crippen LogP contribution in [0.2, 0.25) is 0 Å². The van der Waals surface area contributed by atoms with Gasteiger partial charge in [0.25, 0.3) is 0 Å². The third-order valence-corrected chi connectivity index (χ3v) is 3.19. The Hall–Kier alpha value is -2.80. The molecule has 2 aromatic rings. The Morgan fingerprint density at radius 2 is 1.95 bits per heavy atom. The number of carboxylic acid groups (broad SMARTS) is 1. The number of anilines is 2. The third-order valence-electron chi connectivity index (χ3n) is 3.19. The van der Waals surface area contributed by atoms with Gasteiger partial charge in [-0.1, -0.05) is 29.8 Å². The topological polar surface area (TPSA) is 64.3 Å². The van der Waals surface area contributed by atoms with Crippen LogP contribution >= 0.6 is 0 Å². The van der Waals surface area contributed by atoms with Gasteiger partial charge in [-0.25, -0.2) is 4.79 Å². The monoisotopic (exact) mass is 280 g/mol. The van der Waals surface area contributed by atoms with Crippen molar-refractivity contribution in [3.63, 3.8) is 0 Å². The van der Waals surface area contributed by atoms with Crippen molar-refractivity contribution < 1.29 is 9.90 Å². The highest BCUT2D eigenvalue weighted by Gasteiger charge is 2.17. The summed E-state index contributed by atoms with van der Waals surface area (Å²) >= 11 is 0. The first-order chi connectivity index (χ1) is 10.1. The van der Waals surface area contributed by atoms with Crippen LogP contribution in [-0.4, -0.2) is 17.6 Å². The Balaban J connectivity index is 2.52. The van der Waals surface area contributed by atoms with Crippen LogP contribution in [-0.2, 0) is 0 Å². The van der Waals surface area contributed by atoms with Crippen LogP contribution in [0.1, 0.15) is 22.3 Å². The van der Waals surface area contributed by atoms with Crippen molar-refractivity contribution in [3.8, 4) is 6.07 Å². The average Bonchev–Trinajstić information content (AvgIpc) is 2.49. The van der Waals surface area contributed by atoms with Crippen molar-refractivity contribution in [1.29, 1.82) is 5.26 Å². The first-order valence-corrected chi connectivity index (χ1v) is 6.67. The van der Waals surface area contributed by atoms with E-state index in [1.165, 1.54) is 0 Å². The highest BCUT2D eigenvalue weighted by atomic mass is 16.4. The summed E-state index contributed by atoms with van der Waals surface area (Å²) in [6.45, 7) is 2.31. The van der Waals surface area contributed by atoms with Crippen molar-refractivity contribution >= 4 is 17.3 Å². The summed E-state index contributed by atoms with van der Waals surface area (Å²) in [5, 5.41) is 18.3. The number of carboxylic acids is 1. The van der Waals surface area contributed by atoms with E-state index in [1.54, 1.807) is 12.1 Å². The molecule has 0 unspecified atom stereocenters. The van der Waals surface area contributed by atoms with Gasteiger partial charge in [-0.15, -0.1) is 0 Å². The summed E-state index contributed by atoms with van der Waals surface area (Å²) in [6, 6.07) is 16.9. The molecular weight excluding hydrogens is 264 g/mol. The lowest BCUT2D eigenvalue weighted by molar-refractivity contribution is 0.0697. The Labute approximate surface area is 123 Å². The minimum Gasteiger partial charge on any atom is -0.478 e. The molecule has 0 fully saturated rings. The maximum Gasteiger partial charge on any atom is 0.337 e. The first-order valence-electron chi connectivity index (χ1n) is 6.67. The van der Waals surface area contributed by atoms with Crippen LogP contribution in [0.3, 0.4) is 0 Å². The zero-order valence-corrected chi connectivity index (χ0v) is 11.8. The van der Waals surface area contributed by atoms with E-state index in [9.17, 15) is 9.90 Å². The van der Waals surface area contributed by atoms with Gasteiger partial charge in [-0.3, -0.25) is 0 Å². The largest absolute Gasteiger partial charge is 0.478 e. The van der Waals surface area contributed by atoms with Gasteiger partial charge in [0, 0.05) is 12.2 Å². The second-order valence-corrected chi connectivity index (χ2v) is 4.72. The maximum absolute atomic E-state index is 11.5. The highest BCUT2D eigenvalue weighted by Crippen LogP contribution is 2.29. The summed E-state index contributed by atoms with van der Waals surface area (Å²) < 4.78 is 0. The smallest absolute Gasteiger partial charge is 0.337 e. The zero-order valence-electron chi connectivity index (χ0n) is 11.8. The minimum atomic E-state index is -0.966. The fourth-order valence-electron chi connectivity index (χ4n) is 2.21. The minimum absolute atomic E-state index is 0.247. The molecule has 0 atom stereocenters. The molecule has 21 heavy (non-hydrogen) atoms. The number of aromatic carboxylic acids is 1. The lowest BCUT2D eigenvalue weighted by Gasteiger charge is -2.25. The summed E-state index contributed by atoms with van der Waals surface area (Å²) in [5.41, 5.74) is 2.62. The number of benzene rings is 2. The molecule has 4 heteroatoms. The molecular formula is C17H16N2O2. The van der Waals surface area contributed by atoms with Gasteiger partial charge in [0.05, 0.1) is 23.7 Å². The van der Waals surface area contributed by atoms with E-state index in [4.69, 9.17) is 5.26 Å². The lowest BCUT2D eigenvalue weighted by atomic mass is 10.1. The average molecular weight is 280 g/mol. The fraction of sp³-hybridized carbons (Fsp3) is 0.176. The molecule has 0 aliphatic carbocycles. The van der Waals surface area contributed by atoms with Crippen LogP contribution in [0.5, 0.6) is 0 Å². The van der Waals surface area contributed by atoms with Crippen LogP contribution in [0.25, 0.3) is 0 Å². The molecule has 0 bridgehead atoms. The molecule has 2 aromatic carbocycles. The van der Waals surface area contributed by atoms with Gasteiger partial charge < -0.3 is 10.0 Å². The third kappa shape index (κ3) is 3.40. The number of nitrogens with zero attached hydrogens (tertiary/aromatic N) is 2. The normalized spacial score (nSPS) is 9.90. The summed E-state index contributed by atoms with van der Waals surface area (Å²) in [5.74, 6) is -0.966. The van der Waals surface area contributed by atoms with Crippen LogP contribution in [0, 0.1) is 18.3 Å². The Kier molecular flexibility index (Phi) is 4.57. The van der Waals surface area contributed by atoms with E-state index in [2.05, 4.69) is 6.07 Å². The molecule has 0 amide bonds. The number of para-hydroxylation sites is 1. The van der Waals surface area contributed by atoms with Gasteiger partial charge in [0.2, 0.25) is 0 Å². The number of aryl methyl sites for hydroxylation is 1. The van der Waals surface area contributed by atoms with Crippen molar-refractivity contribution in [3.05, 3.63) is 59.7 Å². The zero-order chi connectivity index (χ0) is 15.2. The number of carbonyl (C=O) groups is 1. The Morgan fingerprint density at radius 1 is 1.24 bits per heavy atom. The number of rotatable bonds is 5. The number of hydrogen-bond donors (Lipinski definition) is 1. The molecule has 0 saturated heterocycles. The summed E-state index contributed by atoms with van der Waals surface area (Å²) in [4.78, 5) is 13.4. The van der Waals surface area contributed by atoms with Crippen molar-refractivity contribution in [2.45, 2.75) is 13.3 Å². The second kappa shape index (κ2) is 6.58. The Bertz CT molecular complexity index is 675. The molecule has 2 rings (SSSR count). The number of hydrogen-bond acceptors (Lipinski definition) is 3. The van der Waals surface area contributed by atoms with Crippen LogP contribution < -0.4 is 4.90 Å². The molecule has 0 aromatic heterocycles. The summed E-state index contributed by atoms with van der Waals surface area (Å²) in [6.07, 6.45) is 0.321. The SMILES string of the molecule is Cc1ccc(N(CCC#N)c2ccccc2)c(C(=O)O)c1. The van der Waals surface area contributed by atoms with Gasteiger partial charge >= 0.3 is 5.97 Å². The molecule has 0 aliphatic heterocycles. The van der Waals surface area contributed by atoms with E-state index in [0.29, 0.717) is 18.7 Å². The standard InChI is InChI=1S/C17H16N2O2/c1-13-8-9-16(15(12-13)17(20)21)19(11-5-10-18)14-6-3-2-4-7-14/h2-4,6-9,12H,5,11H2,1H3,(H,20,21). The molecule has 0 heterocycles. The van der Waals surface area contributed by atoms with Gasteiger partial charge in [-0.2, -0.15) is 5.26 Å². The fourth-order valence-corrected chi connectivity index (χ4v) is 2.21. The predicted octanol–water partition coefficient (Wildman–Crippen LogP) is 3.75. The first kappa shape index (κ1) is 14.6. The van der Waals surface area contributed by atoms with Crippen molar-refractivity contribution in [1.82, 2.24) is 0 Å². The molecule has 0 saturated carbocycles. The molecule has 0 aliphatic rings. The quantitative estimate of drug-likeness (QED) is 0.906. The Morgan fingerprint density at radius 3 is 2.57 bits per heavy atom. The summed E-state index contributed by atoms with van der Waals surface area (Å²) in [7, 11) is 0. The highest BCUT2D eigenvalue weighted by molar-refractivity contribution is 5.96. The maximum atomic E-state index is 11.5. The molecule has 106 valence electrons. The van der Waals surface area contributed by atoms with Crippen molar-refractivity contribution in [2.75, 3.05) is 11.4 Å². The molecule has 0 radical (unpaired) electrons. The number of nitriles is 1. The lowest BCUT2D eigenvalue weighted by Crippen LogP contribution is -2.20. The van der Waals surface area contributed by atoms with Gasteiger partial charge in [0.15, 0.2) is 0 Å². The van der Waals surface area contributed by atoms with E-state index in [-0.39, 0.29) is 5.56 Å². The molecule has 1 N–H and O–H groups in total. The van der Waals surface area contributed by atoms with Gasteiger partial charge in [0.1, 0.15) is 0 Å².